The Morgan fingerprint density at radius 2 is 2.50 bits per heavy atom. The number of methoxy groups -OCH3 is 1. The summed E-state index contributed by atoms with van der Waals surface area (Å²) in [5.41, 5.74) is -1.54. The van der Waals surface area contributed by atoms with Crippen LogP contribution in [0.1, 0.15) is 6.92 Å². The minimum Gasteiger partial charge on any atom is -0.467 e. The third kappa shape index (κ3) is 2.68. The predicted molar refractivity (Wildman–Crippen MR) is 57.6 cm³/mol. The van der Waals surface area contributed by atoms with Gasteiger partial charge in [0, 0.05) is 6.20 Å². The Morgan fingerprint density at radius 1 is 1.86 bits per heavy atom. The van der Waals surface area contributed by atoms with Gasteiger partial charge in [0.05, 0.1) is 23.4 Å². The average Bonchev–Trinajstić information content (AvgIpc) is 2.48. The molecule has 1 atom stereocenters. The molecule has 0 aliphatic carbocycles. The Morgan fingerprint density at radius 3 is 2.93 bits per heavy atom. The van der Waals surface area contributed by atoms with Crippen molar-refractivity contribution in [3.8, 4) is 0 Å². The highest BCUT2D eigenvalue weighted by Gasteiger charge is 2.32. The summed E-state index contributed by atoms with van der Waals surface area (Å²) in [5, 5.41) is 13.7. The molecule has 0 saturated heterocycles. The highest BCUT2D eigenvalue weighted by Crippen LogP contribution is 2.10. The second-order valence-corrected chi connectivity index (χ2v) is 4.37. The largest absolute Gasteiger partial charge is 0.467 e. The van der Waals surface area contributed by atoms with Gasteiger partial charge in [0.1, 0.15) is 0 Å². The van der Waals surface area contributed by atoms with E-state index in [0.717, 1.165) is 3.57 Å². The van der Waals surface area contributed by atoms with Gasteiger partial charge in [-0.05, 0) is 29.5 Å². The van der Waals surface area contributed by atoms with Crippen LogP contribution in [0.2, 0.25) is 0 Å². The first-order valence-corrected chi connectivity index (χ1v) is 5.02. The van der Waals surface area contributed by atoms with Crippen LogP contribution >= 0.6 is 22.6 Å². The van der Waals surface area contributed by atoms with Crippen molar-refractivity contribution in [2.45, 2.75) is 19.1 Å². The lowest BCUT2D eigenvalue weighted by atomic mass is 10.1. The molecule has 6 heteroatoms. The van der Waals surface area contributed by atoms with E-state index in [1.54, 1.807) is 12.4 Å². The van der Waals surface area contributed by atoms with Gasteiger partial charge in [0.25, 0.3) is 0 Å². The number of hydrogen-bond donors (Lipinski definition) is 1. The van der Waals surface area contributed by atoms with Crippen molar-refractivity contribution in [2.24, 2.45) is 0 Å². The van der Waals surface area contributed by atoms with Crippen molar-refractivity contribution in [1.82, 2.24) is 9.78 Å². The van der Waals surface area contributed by atoms with Gasteiger partial charge in [-0.15, -0.1) is 0 Å². The molecule has 1 aromatic heterocycles. The monoisotopic (exact) mass is 310 g/mol. The molecule has 0 fully saturated rings. The molecule has 0 radical (unpaired) electrons. The van der Waals surface area contributed by atoms with E-state index in [9.17, 15) is 9.90 Å². The molecule has 0 aliphatic heterocycles. The fraction of sp³-hybridized carbons (Fsp3) is 0.500. The molecular formula is C8H11IN2O3. The van der Waals surface area contributed by atoms with Crippen LogP contribution in [0.25, 0.3) is 0 Å². The molecule has 0 saturated carbocycles. The highest BCUT2D eigenvalue weighted by molar-refractivity contribution is 14.1. The van der Waals surface area contributed by atoms with Crippen molar-refractivity contribution in [1.29, 1.82) is 0 Å². The van der Waals surface area contributed by atoms with Gasteiger partial charge in [-0.25, -0.2) is 4.79 Å². The lowest BCUT2D eigenvalue weighted by molar-refractivity contribution is -0.162. The van der Waals surface area contributed by atoms with E-state index in [4.69, 9.17) is 0 Å². The van der Waals surface area contributed by atoms with Crippen molar-refractivity contribution >= 4 is 28.6 Å². The molecule has 0 spiro atoms. The third-order valence-electron chi connectivity index (χ3n) is 1.70. The fourth-order valence-corrected chi connectivity index (χ4v) is 1.47. The SMILES string of the molecule is COC(=O)C(C)(O)Cn1cc(I)cn1. The summed E-state index contributed by atoms with van der Waals surface area (Å²) in [6, 6.07) is 0. The molecule has 5 nitrogen and oxygen atoms in total. The van der Waals surface area contributed by atoms with E-state index in [1.165, 1.54) is 18.7 Å². The van der Waals surface area contributed by atoms with E-state index in [1.807, 2.05) is 0 Å². The predicted octanol–water partition coefficient (Wildman–Crippen LogP) is 0.412. The molecule has 0 bridgehead atoms. The molecule has 0 aromatic carbocycles. The van der Waals surface area contributed by atoms with Crippen LogP contribution in [-0.2, 0) is 16.1 Å². The molecule has 78 valence electrons. The Kier molecular flexibility index (Phi) is 3.48. The summed E-state index contributed by atoms with van der Waals surface area (Å²) >= 11 is 2.10. The highest BCUT2D eigenvalue weighted by atomic mass is 127. The van der Waals surface area contributed by atoms with Gasteiger partial charge in [0.15, 0.2) is 5.60 Å². The minimum atomic E-state index is -1.54. The second-order valence-electron chi connectivity index (χ2n) is 3.12. The van der Waals surface area contributed by atoms with Crippen molar-refractivity contribution in [3.63, 3.8) is 0 Å². The maximum absolute atomic E-state index is 11.1. The number of halogens is 1. The van der Waals surface area contributed by atoms with Gasteiger partial charge >= 0.3 is 5.97 Å². The third-order valence-corrected chi connectivity index (χ3v) is 2.25. The maximum Gasteiger partial charge on any atom is 0.339 e. The zero-order valence-corrected chi connectivity index (χ0v) is 10.1. The number of esters is 1. The van der Waals surface area contributed by atoms with Crippen molar-refractivity contribution < 1.29 is 14.6 Å². The molecule has 0 amide bonds. The maximum atomic E-state index is 11.1. The number of carbonyl (C=O) groups excluding carboxylic acids is 1. The zero-order chi connectivity index (χ0) is 10.8. The van der Waals surface area contributed by atoms with Crippen LogP contribution in [0, 0.1) is 3.57 Å². The number of hydrogen-bond acceptors (Lipinski definition) is 4. The topological polar surface area (TPSA) is 64.3 Å². The quantitative estimate of drug-likeness (QED) is 0.649. The van der Waals surface area contributed by atoms with Gasteiger partial charge < -0.3 is 9.84 Å². The number of nitrogens with zero attached hydrogens (tertiary/aromatic N) is 2. The standard InChI is InChI=1S/C8H11IN2O3/c1-8(13,7(12)14-2)5-11-4-6(9)3-10-11/h3-4,13H,5H2,1-2H3. The normalized spacial score (nSPS) is 14.9. The molecular weight excluding hydrogens is 299 g/mol. The summed E-state index contributed by atoms with van der Waals surface area (Å²) in [4.78, 5) is 11.1. The first-order chi connectivity index (χ1) is 6.45. The number of ether oxygens (including phenoxy) is 1. The van der Waals surface area contributed by atoms with Gasteiger partial charge in [0.2, 0.25) is 0 Å². The molecule has 0 aliphatic rings. The second kappa shape index (κ2) is 4.26. The van der Waals surface area contributed by atoms with Crippen molar-refractivity contribution in [2.75, 3.05) is 7.11 Å². The lowest BCUT2D eigenvalue weighted by Crippen LogP contribution is -2.40. The first kappa shape index (κ1) is 11.4. The van der Waals surface area contributed by atoms with Crippen molar-refractivity contribution in [3.05, 3.63) is 16.0 Å². The number of aliphatic hydroxyl groups is 1. The summed E-state index contributed by atoms with van der Waals surface area (Å²) in [5.74, 6) is -0.664. The number of aromatic nitrogens is 2. The van der Waals surface area contributed by atoms with E-state index >= 15 is 0 Å². The average molecular weight is 310 g/mol. The van der Waals surface area contributed by atoms with Crippen LogP contribution in [0.5, 0.6) is 0 Å². The number of carbonyl (C=O) groups is 1. The summed E-state index contributed by atoms with van der Waals surface area (Å²) in [6.45, 7) is 1.48. The Labute approximate surface area is 95.2 Å². The molecule has 1 heterocycles. The zero-order valence-electron chi connectivity index (χ0n) is 7.90. The summed E-state index contributed by atoms with van der Waals surface area (Å²) < 4.78 is 6.91. The molecule has 1 N–H and O–H groups in total. The Bertz CT molecular complexity index is 335. The van der Waals surface area contributed by atoms with Crippen LogP contribution < -0.4 is 0 Å². The van der Waals surface area contributed by atoms with Gasteiger partial charge in [-0.1, -0.05) is 0 Å². The minimum absolute atomic E-state index is 0.0860. The molecule has 1 unspecified atom stereocenters. The summed E-state index contributed by atoms with van der Waals surface area (Å²) in [7, 11) is 1.24. The van der Waals surface area contributed by atoms with E-state index < -0.39 is 11.6 Å². The first-order valence-electron chi connectivity index (χ1n) is 3.94. The van der Waals surface area contributed by atoms with Gasteiger partial charge in [-0.3, -0.25) is 4.68 Å². The van der Waals surface area contributed by atoms with Crippen LogP contribution in [-0.4, -0.2) is 33.6 Å². The van der Waals surface area contributed by atoms with E-state index in [2.05, 4.69) is 32.4 Å². The fourth-order valence-electron chi connectivity index (χ4n) is 1.02. The van der Waals surface area contributed by atoms with E-state index in [-0.39, 0.29) is 6.54 Å². The van der Waals surface area contributed by atoms with Crippen LogP contribution in [0.3, 0.4) is 0 Å². The molecule has 1 rings (SSSR count). The number of rotatable bonds is 3. The smallest absolute Gasteiger partial charge is 0.339 e. The molecule has 1 aromatic rings. The lowest BCUT2D eigenvalue weighted by Gasteiger charge is -2.19. The summed E-state index contributed by atoms with van der Waals surface area (Å²) in [6.07, 6.45) is 3.38. The van der Waals surface area contributed by atoms with E-state index in [0.29, 0.717) is 0 Å². The van der Waals surface area contributed by atoms with Gasteiger partial charge in [-0.2, -0.15) is 5.10 Å². The van der Waals surface area contributed by atoms with Crippen LogP contribution in [0.15, 0.2) is 12.4 Å². The molecule has 14 heavy (non-hydrogen) atoms. The Hall–Kier alpha value is -0.630. The van der Waals surface area contributed by atoms with Crippen LogP contribution in [0.4, 0.5) is 0 Å². The Balaban J connectivity index is 2.72.